The third-order valence-corrected chi connectivity index (χ3v) is 2.42. The Hall–Kier alpha value is -0.220. The van der Waals surface area contributed by atoms with Gasteiger partial charge in [-0.15, -0.1) is 0 Å². The summed E-state index contributed by atoms with van der Waals surface area (Å²) < 4.78 is 30.5. The van der Waals surface area contributed by atoms with E-state index in [0.29, 0.717) is 13.2 Å². The van der Waals surface area contributed by atoms with Gasteiger partial charge in [0.25, 0.3) is 5.92 Å². The first-order chi connectivity index (χ1) is 5.12. The highest BCUT2D eigenvalue weighted by molar-refractivity contribution is 5.02. The molecule has 11 heavy (non-hydrogen) atoms. The fourth-order valence-corrected chi connectivity index (χ4v) is 1.82. The van der Waals surface area contributed by atoms with Crippen LogP contribution in [0.4, 0.5) is 8.78 Å². The van der Waals surface area contributed by atoms with E-state index < -0.39 is 11.5 Å². The molecule has 0 bridgehead atoms. The van der Waals surface area contributed by atoms with Crippen molar-refractivity contribution in [3.8, 4) is 0 Å². The van der Waals surface area contributed by atoms with Crippen LogP contribution in [0.1, 0.15) is 12.8 Å². The molecule has 1 atom stereocenters. The van der Waals surface area contributed by atoms with Crippen molar-refractivity contribution in [2.24, 2.45) is 0 Å². The van der Waals surface area contributed by atoms with Crippen molar-refractivity contribution in [2.45, 2.75) is 24.3 Å². The van der Waals surface area contributed by atoms with Crippen LogP contribution in [0.25, 0.3) is 0 Å². The molecule has 0 aromatic carbocycles. The third kappa shape index (κ3) is 1.25. The van der Waals surface area contributed by atoms with Crippen molar-refractivity contribution in [3.05, 3.63) is 0 Å². The molecule has 0 saturated carbocycles. The maximum absolute atomic E-state index is 12.7. The Balaban J connectivity index is 2.07. The Morgan fingerprint density at radius 1 is 1.36 bits per heavy atom. The van der Waals surface area contributed by atoms with Crippen LogP contribution in [0.5, 0.6) is 0 Å². The summed E-state index contributed by atoms with van der Waals surface area (Å²) >= 11 is 0. The average molecular weight is 163 g/mol. The standard InChI is InChI=1S/C7H11F2NO/c8-7(9)3-6(10-4-7)1-2-11-5-6/h10H,1-5H2. The molecule has 1 unspecified atom stereocenters. The summed E-state index contributed by atoms with van der Waals surface area (Å²) in [5.74, 6) is -2.52. The first kappa shape index (κ1) is 7.43. The summed E-state index contributed by atoms with van der Waals surface area (Å²) in [7, 11) is 0. The number of halogens is 2. The number of alkyl halides is 2. The van der Waals surface area contributed by atoms with Gasteiger partial charge in [-0.1, -0.05) is 0 Å². The third-order valence-electron chi connectivity index (χ3n) is 2.42. The first-order valence-corrected chi connectivity index (χ1v) is 3.83. The van der Waals surface area contributed by atoms with E-state index in [1.165, 1.54) is 0 Å². The normalized spacial score (nSPS) is 42.0. The molecule has 0 amide bonds. The highest BCUT2D eigenvalue weighted by Crippen LogP contribution is 2.36. The van der Waals surface area contributed by atoms with Gasteiger partial charge in [-0.05, 0) is 6.42 Å². The molecule has 2 aliphatic rings. The van der Waals surface area contributed by atoms with Crippen LogP contribution in [0.3, 0.4) is 0 Å². The van der Waals surface area contributed by atoms with Crippen molar-refractivity contribution >= 4 is 0 Å². The molecule has 2 nitrogen and oxygen atoms in total. The molecule has 2 saturated heterocycles. The van der Waals surface area contributed by atoms with Crippen molar-refractivity contribution in [1.29, 1.82) is 0 Å². The van der Waals surface area contributed by atoms with E-state index in [9.17, 15) is 8.78 Å². The zero-order valence-corrected chi connectivity index (χ0v) is 6.20. The Morgan fingerprint density at radius 3 is 2.64 bits per heavy atom. The molecule has 1 spiro atoms. The SMILES string of the molecule is FC1(F)CNC2(CCOC2)C1. The van der Waals surface area contributed by atoms with Crippen LogP contribution in [-0.2, 0) is 4.74 Å². The molecule has 4 heteroatoms. The Morgan fingerprint density at radius 2 is 2.18 bits per heavy atom. The fraction of sp³-hybridized carbons (Fsp3) is 1.00. The molecular formula is C7H11F2NO. The zero-order valence-electron chi connectivity index (χ0n) is 6.20. The quantitative estimate of drug-likeness (QED) is 0.569. The maximum atomic E-state index is 12.7. The predicted octanol–water partition coefficient (Wildman–Crippen LogP) is 0.774. The van der Waals surface area contributed by atoms with Crippen molar-refractivity contribution in [1.82, 2.24) is 5.32 Å². The summed E-state index contributed by atoms with van der Waals surface area (Å²) in [6.07, 6.45) is 0.669. The topological polar surface area (TPSA) is 21.3 Å². The zero-order chi connectivity index (χ0) is 7.95. The van der Waals surface area contributed by atoms with Gasteiger partial charge in [-0.2, -0.15) is 0 Å². The fourth-order valence-electron chi connectivity index (χ4n) is 1.82. The molecule has 2 heterocycles. The van der Waals surface area contributed by atoms with Gasteiger partial charge in [0.05, 0.1) is 13.2 Å². The van der Waals surface area contributed by atoms with E-state index in [2.05, 4.69) is 5.32 Å². The smallest absolute Gasteiger partial charge is 0.262 e. The Bertz CT molecular complexity index is 166. The van der Waals surface area contributed by atoms with Gasteiger partial charge in [-0.25, -0.2) is 8.78 Å². The summed E-state index contributed by atoms with van der Waals surface area (Å²) in [4.78, 5) is 0. The van der Waals surface area contributed by atoms with Crippen molar-refractivity contribution < 1.29 is 13.5 Å². The molecule has 0 aromatic rings. The molecule has 0 aromatic heterocycles. The number of hydrogen-bond donors (Lipinski definition) is 1. The minimum Gasteiger partial charge on any atom is -0.379 e. The van der Waals surface area contributed by atoms with Crippen LogP contribution >= 0.6 is 0 Å². The second-order valence-electron chi connectivity index (χ2n) is 3.47. The molecule has 2 fully saturated rings. The van der Waals surface area contributed by atoms with Gasteiger partial charge < -0.3 is 10.1 Å². The van der Waals surface area contributed by atoms with E-state index >= 15 is 0 Å². The highest BCUT2D eigenvalue weighted by atomic mass is 19.3. The second-order valence-corrected chi connectivity index (χ2v) is 3.47. The van der Waals surface area contributed by atoms with Crippen molar-refractivity contribution in [3.63, 3.8) is 0 Å². The molecule has 2 aliphatic heterocycles. The van der Waals surface area contributed by atoms with E-state index in [4.69, 9.17) is 4.74 Å². The largest absolute Gasteiger partial charge is 0.379 e. The van der Waals surface area contributed by atoms with Gasteiger partial charge in [0.1, 0.15) is 0 Å². The maximum Gasteiger partial charge on any atom is 0.262 e. The summed E-state index contributed by atoms with van der Waals surface area (Å²) in [6, 6.07) is 0. The molecule has 64 valence electrons. The Kier molecular flexibility index (Phi) is 1.44. The van der Waals surface area contributed by atoms with Crippen LogP contribution in [0, 0.1) is 0 Å². The second kappa shape index (κ2) is 2.14. The van der Waals surface area contributed by atoms with Crippen LogP contribution < -0.4 is 5.32 Å². The monoisotopic (exact) mass is 163 g/mol. The van der Waals surface area contributed by atoms with Gasteiger partial charge in [0.15, 0.2) is 0 Å². The number of hydrogen-bond acceptors (Lipinski definition) is 2. The lowest BCUT2D eigenvalue weighted by Crippen LogP contribution is -2.39. The van der Waals surface area contributed by atoms with Gasteiger partial charge >= 0.3 is 0 Å². The van der Waals surface area contributed by atoms with Crippen molar-refractivity contribution in [2.75, 3.05) is 19.8 Å². The average Bonchev–Trinajstić information content (AvgIpc) is 2.43. The lowest BCUT2D eigenvalue weighted by molar-refractivity contribution is 0.0148. The Labute approximate surface area is 63.9 Å². The van der Waals surface area contributed by atoms with E-state index in [1.54, 1.807) is 0 Å². The van der Waals surface area contributed by atoms with Crippen LogP contribution in [0.2, 0.25) is 0 Å². The first-order valence-electron chi connectivity index (χ1n) is 3.83. The van der Waals surface area contributed by atoms with Gasteiger partial charge in [-0.3, -0.25) is 0 Å². The number of ether oxygens (including phenoxy) is 1. The highest BCUT2D eigenvalue weighted by Gasteiger charge is 2.50. The van der Waals surface area contributed by atoms with E-state index in [0.717, 1.165) is 6.42 Å². The predicted molar refractivity (Wildman–Crippen MR) is 35.7 cm³/mol. The van der Waals surface area contributed by atoms with Gasteiger partial charge in [0.2, 0.25) is 0 Å². The lowest BCUT2D eigenvalue weighted by Gasteiger charge is -2.19. The number of rotatable bonds is 0. The number of nitrogens with one attached hydrogen (secondary N) is 1. The van der Waals surface area contributed by atoms with E-state index in [-0.39, 0.29) is 13.0 Å². The lowest BCUT2D eigenvalue weighted by atomic mass is 9.96. The summed E-state index contributed by atoms with van der Waals surface area (Å²) in [5, 5.41) is 2.85. The molecule has 0 aliphatic carbocycles. The molecule has 1 N–H and O–H groups in total. The summed E-state index contributed by atoms with van der Waals surface area (Å²) in [5.41, 5.74) is -0.399. The molecule has 0 radical (unpaired) electrons. The molecular weight excluding hydrogens is 152 g/mol. The van der Waals surface area contributed by atoms with E-state index in [1.807, 2.05) is 0 Å². The molecule has 2 rings (SSSR count). The van der Waals surface area contributed by atoms with Crippen LogP contribution in [0.15, 0.2) is 0 Å². The summed E-state index contributed by atoms with van der Waals surface area (Å²) in [6.45, 7) is 0.877. The van der Waals surface area contributed by atoms with Gasteiger partial charge in [0, 0.05) is 18.6 Å². The minimum absolute atomic E-state index is 0.0556. The van der Waals surface area contributed by atoms with Crippen LogP contribution in [-0.4, -0.2) is 31.2 Å². The minimum atomic E-state index is -2.52.